The Morgan fingerprint density at radius 1 is 1.06 bits per heavy atom. The highest BCUT2D eigenvalue weighted by atomic mass is 127. The fraction of sp³-hybridized carbons (Fsp3) is 0.500. The van der Waals surface area contributed by atoms with Gasteiger partial charge in [0.1, 0.15) is 5.75 Å². The number of nitrogens with one attached hydrogen (secondary N) is 2. The van der Waals surface area contributed by atoms with Crippen LogP contribution in [0.5, 0.6) is 5.75 Å². The monoisotopic (exact) mass is 567 g/mol. The molecule has 182 valence electrons. The quantitative estimate of drug-likeness (QED) is 0.189. The van der Waals surface area contributed by atoms with Crippen LogP contribution in [0.3, 0.4) is 0 Å². The van der Waals surface area contributed by atoms with E-state index < -0.39 is 0 Å². The lowest BCUT2D eigenvalue weighted by Crippen LogP contribution is -2.48. The van der Waals surface area contributed by atoms with Crippen LogP contribution < -0.4 is 15.4 Å². The molecule has 2 N–H and O–H groups in total. The number of nitrogens with zero attached hydrogens (tertiary/aromatic N) is 1. The molecule has 0 aromatic heterocycles. The van der Waals surface area contributed by atoms with Gasteiger partial charge >= 0.3 is 0 Å². The van der Waals surface area contributed by atoms with E-state index in [4.69, 9.17) is 14.2 Å². The van der Waals surface area contributed by atoms with Crippen LogP contribution >= 0.6 is 24.0 Å². The van der Waals surface area contributed by atoms with Gasteiger partial charge in [-0.2, -0.15) is 0 Å². The smallest absolute Gasteiger partial charge is 0.191 e. The summed E-state index contributed by atoms with van der Waals surface area (Å²) in [5, 5.41) is 6.96. The average Bonchev–Trinajstić information content (AvgIpc) is 2.86. The summed E-state index contributed by atoms with van der Waals surface area (Å²) in [6.07, 6.45) is 2.98. The molecule has 1 saturated heterocycles. The molecule has 1 unspecified atom stereocenters. The number of benzene rings is 2. The van der Waals surface area contributed by atoms with Gasteiger partial charge in [-0.3, -0.25) is 4.99 Å². The van der Waals surface area contributed by atoms with E-state index in [0.29, 0.717) is 6.61 Å². The van der Waals surface area contributed by atoms with E-state index in [2.05, 4.69) is 46.8 Å². The van der Waals surface area contributed by atoms with Crippen LogP contribution in [-0.2, 0) is 14.9 Å². The molecule has 1 atom stereocenters. The molecule has 0 saturated carbocycles. The Morgan fingerprint density at radius 2 is 1.76 bits per heavy atom. The Morgan fingerprint density at radius 3 is 2.39 bits per heavy atom. The number of halogens is 1. The molecule has 0 aliphatic carbocycles. The van der Waals surface area contributed by atoms with Crippen LogP contribution in [0.15, 0.2) is 59.6 Å². The standard InChI is InChI=1S/C26H37N3O3.HI/c1-21(22-8-5-4-6-9-22)32-17-7-16-28-25(27-2)29-20-26(14-18-31-19-15-26)23-10-12-24(30-3)13-11-23;/h4-6,8-13,21H,7,14-20H2,1-3H3,(H2,27,28,29);1H. The Hall–Kier alpha value is -1.84. The Bertz CT molecular complexity index is 824. The SMILES string of the molecule is CN=C(NCCCOC(C)c1ccccc1)NCC1(c2ccc(OC)cc2)CCOCC1.I. The lowest BCUT2D eigenvalue weighted by Gasteiger charge is -2.38. The maximum absolute atomic E-state index is 5.97. The van der Waals surface area contributed by atoms with Crippen molar-refractivity contribution in [3.05, 3.63) is 65.7 Å². The molecule has 6 nitrogen and oxygen atoms in total. The van der Waals surface area contributed by atoms with Gasteiger partial charge in [0, 0.05) is 45.4 Å². The number of ether oxygens (including phenoxy) is 3. The molecule has 2 aromatic rings. The molecule has 2 aromatic carbocycles. The summed E-state index contributed by atoms with van der Waals surface area (Å²) < 4.78 is 17.0. The zero-order valence-electron chi connectivity index (χ0n) is 20.0. The van der Waals surface area contributed by atoms with E-state index in [1.807, 2.05) is 37.4 Å². The van der Waals surface area contributed by atoms with Gasteiger partial charge in [0.05, 0.1) is 13.2 Å². The summed E-state index contributed by atoms with van der Waals surface area (Å²) in [6, 6.07) is 18.7. The molecule has 1 fully saturated rings. The molecule has 0 bridgehead atoms. The highest BCUT2D eigenvalue weighted by Crippen LogP contribution is 2.35. The van der Waals surface area contributed by atoms with Crippen molar-refractivity contribution < 1.29 is 14.2 Å². The Kier molecular flexibility index (Phi) is 12.0. The predicted octanol–water partition coefficient (Wildman–Crippen LogP) is 4.69. The molecule has 7 heteroatoms. The van der Waals surface area contributed by atoms with Crippen molar-refractivity contribution in [3.8, 4) is 5.75 Å². The molecule has 33 heavy (non-hydrogen) atoms. The van der Waals surface area contributed by atoms with Gasteiger partial charge in [0.15, 0.2) is 5.96 Å². The van der Waals surface area contributed by atoms with Gasteiger partial charge in [-0.15, -0.1) is 24.0 Å². The van der Waals surface area contributed by atoms with Crippen molar-refractivity contribution in [3.63, 3.8) is 0 Å². The van der Waals surface area contributed by atoms with Crippen molar-refractivity contribution in [1.82, 2.24) is 10.6 Å². The van der Waals surface area contributed by atoms with Crippen molar-refractivity contribution >= 4 is 29.9 Å². The largest absolute Gasteiger partial charge is 0.497 e. The predicted molar refractivity (Wildman–Crippen MR) is 145 cm³/mol. The van der Waals surface area contributed by atoms with Crippen molar-refractivity contribution in [2.75, 3.05) is 47.1 Å². The number of methoxy groups -OCH3 is 1. The number of rotatable bonds is 10. The fourth-order valence-corrected chi connectivity index (χ4v) is 4.11. The third-order valence-corrected chi connectivity index (χ3v) is 6.22. The van der Waals surface area contributed by atoms with Gasteiger partial charge < -0.3 is 24.8 Å². The second-order valence-electron chi connectivity index (χ2n) is 8.25. The van der Waals surface area contributed by atoms with Crippen LogP contribution in [0, 0.1) is 0 Å². The second kappa shape index (κ2) is 14.4. The first-order valence-corrected chi connectivity index (χ1v) is 11.5. The number of aliphatic imine (C=N–C) groups is 1. The molecular formula is C26H38IN3O3. The van der Waals surface area contributed by atoms with E-state index in [1.165, 1.54) is 11.1 Å². The minimum Gasteiger partial charge on any atom is -0.497 e. The fourth-order valence-electron chi connectivity index (χ4n) is 4.11. The van der Waals surface area contributed by atoms with Crippen LogP contribution in [0.1, 0.15) is 43.4 Å². The van der Waals surface area contributed by atoms with Gasteiger partial charge in [-0.05, 0) is 49.4 Å². The zero-order chi connectivity index (χ0) is 22.7. The van der Waals surface area contributed by atoms with Gasteiger partial charge in [0.2, 0.25) is 0 Å². The van der Waals surface area contributed by atoms with Crippen LogP contribution in [-0.4, -0.2) is 53.0 Å². The van der Waals surface area contributed by atoms with Crippen molar-refractivity contribution in [2.24, 2.45) is 4.99 Å². The first-order valence-electron chi connectivity index (χ1n) is 11.5. The van der Waals surface area contributed by atoms with Gasteiger partial charge in [-0.25, -0.2) is 0 Å². The van der Waals surface area contributed by atoms with E-state index in [0.717, 1.165) is 57.3 Å². The summed E-state index contributed by atoms with van der Waals surface area (Å²) in [5.41, 5.74) is 2.54. The molecule has 1 aliphatic heterocycles. The summed E-state index contributed by atoms with van der Waals surface area (Å²) in [5.74, 6) is 1.70. The summed E-state index contributed by atoms with van der Waals surface area (Å²) in [7, 11) is 3.51. The first-order chi connectivity index (χ1) is 15.7. The van der Waals surface area contributed by atoms with Gasteiger partial charge in [-0.1, -0.05) is 42.5 Å². The lowest BCUT2D eigenvalue weighted by atomic mass is 9.74. The number of guanidine groups is 1. The Balaban J connectivity index is 0.00000385. The summed E-state index contributed by atoms with van der Waals surface area (Å²) in [6.45, 7) is 5.96. The zero-order valence-corrected chi connectivity index (χ0v) is 22.3. The topological polar surface area (TPSA) is 64.1 Å². The molecule has 3 rings (SSSR count). The van der Waals surface area contributed by atoms with Crippen molar-refractivity contribution in [2.45, 2.75) is 37.7 Å². The Labute approximate surface area is 215 Å². The average molecular weight is 568 g/mol. The van der Waals surface area contributed by atoms with Crippen LogP contribution in [0.2, 0.25) is 0 Å². The van der Waals surface area contributed by atoms with Crippen LogP contribution in [0.4, 0.5) is 0 Å². The maximum Gasteiger partial charge on any atom is 0.191 e. The maximum atomic E-state index is 5.97. The highest BCUT2D eigenvalue weighted by Gasteiger charge is 2.34. The van der Waals surface area contributed by atoms with Crippen molar-refractivity contribution in [1.29, 1.82) is 0 Å². The molecule has 1 heterocycles. The summed E-state index contributed by atoms with van der Waals surface area (Å²) >= 11 is 0. The van der Waals surface area contributed by atoms with E-state index in [9.17, 15) is 0 Å². The third-order valence-electron chi connectivity index (χ3n) is 6.22. The van der Waals surface area contributed by atoms with Crippen LogP contribution in [0.25, 0.3) is 0 Å². The highest BCUT2D eigenvalue weighted by molar-refractivity contribution is 14.0. The van der Waals surface area contributed by atoms with E-state index >= 15 is 0 Å². The molecule has 1 aliphatic rings. The molecular weight excluding hydrogens is 529 g/mol. The molecule has 0 amide bonds. The van der Waals surface area contributed by atoms with E-state index in [-0.39, 0.29) is 35.5 Å². The minimum atomic E-state index is 0. The lowest BCUT2D eigenvalue weighted by molar-refractivity contribution is 0.0513. The third kappa shape index (κ3) is 8.15. The van der Waals surface area contributed by atoms with Gasteiger partial charge in [0.25, 0.3) is 0 Å². The summed E-state index contributed by atoms with van der Waals surface area (Å²) in [4.78, 5) is 4.41. The minimum absolute atomic E-state index is 0. The second-order valence-corrected chi connectivity index (χ2v) is 8.25. The normalized spacial score (nSPS) is 16.4. The first kappa shape index (κ1) is 27.4. The molecule has 0 radical (unpaired) electrons. The number of hydrogen-bond donors (Lipinski definition) is 2. The number of hydrogen-bond acceptors (Lipinski definition) is 4. The molecule has 0 spiro atoms. The van der Waals surface area contributed by atoms with E-state index in [1.54, 1.807) is 7.11 Å².